The van der Waals surface area contributed by atoms with Gasteiger partial charge in [0.05, 0.1) is 11.0 Å². The van der Waals surface area contributed by atoms with E-state index < -0.39 is 11.6 Å². The molecule has 1 aliphatic carbocycles. The molecule has 0 radical (unpaired) electrons. The minimum atomic E-state index is -0.519. The molecule has 9 heteroatoms. The molecule has 0 unspecified atom stereocenters. The van der Waals surface area contributed by atoms with E-state index in [1.807, 2.05) is 6.07 Å². The van der Waals surface area contributed by atoms with Crippen LogP contribution in [0.3, 0.4) is 0 Å². The average molecular weight is 435 g/mol. The van der Waals surface area contributed by atoms with Gasteiger partial charge in [-0.2, -0.15) is 0 Å². The first-order valence-electron chi connectivity index (χ1n) is 10.6. The Labute approximate surface area is 180 Å². The van der Waals surface area contributed by atoms with E-state index in [0.29, 0.717) is 22.6 Å². The largest absolute Gasteiger partial charge is 0.330 e. The van der Waals surface area contributed by atoms with Crippen molar-refractivity contribution < 1.29 is 13.6 Å². The first-order chi connectivity index (χ1) is 15.4. The first-order valence-corrected chi connectivity index (χ1v) is 10.6. The molecule has 2 aromatic heterocycles. The molecular formula is C23H19F2N5O2. The number of fused-ring (bicyclic) bond motifs is 4. The van der Waals surface area contributed by atoms with Crippen LogP contribution in [0.15, 0.2) is 29.1 Å². The van der Waals surface area contributed by atoms with Crippen LogP contribution in [0.25, 0.3) is 16.7 Å². The molecule has 1 amide bonds. The number of hydrogen-bond donors (Lipinski definition) is 1. The van der Waals surface area contributed by atoms with Crippen molar-refractivity contribution >= 4 is 22.6 Å². The lowest BCUT2D eigenvalue weighted by molar-refractivity contribution is 0.0749. The second-order valence-electron chi connectivity index (χ2n) is 8.71. The van der Waals surface area contributed by atoms with Crippen LogP contribution in [0.5, 0.6) is 0 Å². The van der Waals surface area contributed by atoms with Crippen LogP contribution in [0, 0.1) is 24.5 Å². The maximum atomic E-state index is 14.1. The lowest BCUT2D eigenvalue weighted by Crippen LogP contribution is -2.26. The summed E-state index contributed by atoms with van der Waals surface area (Å²) in [5.74, 6) is -0.0829. The molecule has 1 fully saturated rings. The van der Waals surface area contributed by atoms with E-state index in [4.69, 9.17) is 0 Å². The highest BCUT2D eigenvalue weighted by Crippen LogP contribution is 2.33. The van der Waals surface area contributed by atoms with E-state index in [0.717, 1.165) is 42.7 Å². The van der Waals surface area contributed by atoms with Crippen molar-refractivity contribution in [2.75, 3.05) is 0 Å². The number of nitrogens with zero attached hydrogens (tertiary/aromatic N) is 4. The molecule has 0 saturated heterocycles. The van der Waals surface area contributed by atoms with Crippen LogP contribution in [-0.2, 0) is 19.5 Å². The summed E-state index contributed by atoms with van der Waals surface area (Å²) in [4.78, 5) is 30.1. The van der Waals surface area contributed by atoms with Crippen molar-refractivity contribution in [2.24, 2.45) is 5.92 Å². The number of H-pyrrole nitrogens is 1. The number of aromatic amines is 1. The van der Waals surface area contributed by atoms with E-state index in [9.17, 15) is 18.4 Å². The Morgan fingerprint density at radius 2 is 1.81 bits per heavy atom. The molecule has 162 valence electrons. The van der Waals surface area contributed by atoms with Crippen LogP contribution >= 0.6 is 0 Å². The number of aromatic nitrogens is 4. The smallest absolute Gasteiger partial charge is 0.294 e. The normalized spacial score (nSPS) is 15.7. The molecule has 6 rings (SSSR count). The minimum Gasteiger partial charge on any atom is -0.330 e. The average Bonchev–Trinajstić information content (AvgIpc) is 3.29. The molecule has 2 aliphatic rings. The topological polar surface area (TPSA) is 83.4 Å². The van der Waals surface area contributed by atoms with Crippen molar-refractivity contribution in [3.05, 3.63) is 74.3 Å². The van der Waals surface area contributed by atoms with Crippen LogP contribution in [-0.4, -0.2) is 30.4 Å². The standard InChI is InChI=1S/C23H19F2N5O2/c1-11-6-19-18(26-22(31)21-28-27-20(30(19)21)7-12-2-3-12)8-13(11)23(32)29-9-14-15(10-29)17(25)5-4-16(14)24/h4-6,8,12H,2-3,7,9-10H2,1H3,(H,26,31). The fourth-order valence-corrected chi connectivity index (χ4v) is 4.54. The van der Waals surface area contributed by atoms with Gasteiger partial charge in [-0.05, 0) is 55.5 Å². The van der Waals surface area contributed by atoms with E-state index >= 15 is 0 Å². The lowest BCUT2D eigenvalue weighted by atomic mass is 10.1. The molecule has 2 aromatic carbocycles. The quantitative estimate of drug-likeness (QED) is 0.536. The maximum absolute atomic E-state index is 14.1. The number of carbonyl (C=O) groups is 1. The van der Waals surface area contributed by atoms with E-state index in [2.05, 4.69) is 15.2 Å². The number of nitrogens with one attached hydrogen (secondary N) is 1. The number of rotatable bonds is 3. The summed E-state index contributed by atoms with van der Waals surface area (Å²) in [5, 5.41) is 8.28. The fourth-order valence-electron chi connectivity index (χ4n) is 4.54. The molecular weight excluding hydrogens is 416 g/mol. The van der Waals surface area contributed by atoms with Gasteiger partial charge in [0.2, 0.25) is 5.65 Å². The Balaban J connectivity index is 1.44. The van der Waals surface area contributed by atoms with Crippen molar-refractivity contribution in [3.63, 3.8) is 0 Å². The van der Waals surface area contributed by atoms with Gasteiger partial charge in [-0.25, -0.2) is 8.78 Å². The van der Waals surface area contributed by atoms with Gasteiger partial charge in [-0.15, -0.1) is 10.2 Å². The van der Waals surface area contributed by atoms with Crippen LogP contribution in [0.4, 0.5) is 8.78 Å². The van der Waals surface area contributed by atoms with Gasteiger partial charge >= 0.3 is 0 Å². The number of halogens is 2. The zero-order valence-electron chi connectivity index (χ0n) is 17.3. The Hall–Kier alpha value is -3.62. The maximum Gasteiger partial charge on any atom is 0.294 e. The van der Waals surface area contributed by atoms with Crippen molar-refractivity contribution in [1.82, 2.24) is 24.5 Å². The molecule has 0 atom stereocenters. The van der Waals surface area contributed by atoms with E-state index in [1.165, 1.54) is 4.90 Å². The third-order valence-corrected chi connectivity index (χ3v) is 6.47. The molecule has 7 nitrogen and oxygen atoms in total. The second kappa shape index (κ2) is 6.69. The summed E-state index contributed by atoms with van der Waals surface area (Å²) >= 11 is 0. The van der Waals surface area contributed by atoms with Crippen LogP contribution < -0.4 is 5.56 Å². The fraction of sp³-hybridized carbons (Fsp3) is 0.304. The molecule has 1 N–H and O–H groups in total. The monoisotopic (exact) mass is 435 g/mol. The number of benzene rings is 2. The zero-order valence-corrected chi connectivity index (χ0v) is 17.3. The van der Waals surface area contributed by atoms with Crippen molar-refractivity contribution in [1.29, 1.82) is 0 Å². The second-order valence-corrected chi connectivity index (χ2v) is 8.71. The van der Waals surface area contributed by atoms with Gasteiger partial charge < -0.3 is 9.88 Å². The van der Waals surface area contributed by atoms with Crippen LogP contribution in [0.2, 0.25) is 0 Å². The van der Waals surface area contributed by atoms with Crippen molar-refractivity contribution in [3.8, 4) is 0 Å². The Bertz CT molecular complexity index is 1470. The molecule has 4 aromatic rings. The Morgan fingerprint density at radius 1 is 1.12 bits per heavy atom. The number of aryl methyl sites for hydroxylation is 1. The highest BCUT2D eigenvalue weighted by molar-refractivity contribution is 5.99. The summed E-state index contributed by atoms with van der Waals surface area (Å²) in [5.41, 5.74) is 2.54. The van der Waals surface area contributed by atoms with Gasteiger partial charge in [0.25, 0.3) is 11.5 Å². The predicted molar refractivity (Wildman–Crippen MR) is 112 cm³/mol. The Morgan fingerprint density at radius 3 is 2.47 bits per heavy atom. The highest BCUT2D eigenvalue weighted by atomic mass is 19.1. The molecule has 0 spiro atoms. The molecule has 1 aliphatic heterocycles. The summed E-state index contributed by atoms with van der Waals surface area (Å²) in [6.07, 6.45) is 3.04. The van der Waals surface area contributed by atoms with E-state index in [-0.39, 0.29) is 41.3 Å². The highest BCUT2D eigenvalue weighted by Gasteiger charge is 2.30. The Kier molecular flexibility index (Phi) is 3.99. The van der Waals surface area contributed by atoms with Gasteiger partial charge in [0, 0.05) is 36.2 Å². The van der Waals surface area contributed by atoms with Gasteiger partial charge in [0.1, 0.15) is 17.5 Å². The number of amides is 1. The lowest BCUT2D eigenvalue weighted by Gasteiger charge is -2.18. The molecule has 0 bridgehead atoms. The summed E-state index contributed by atoms with van der Waals surface area (Å²) in [7, 11) is 0. The van der Waals surface area contributed by atoms with Gasteiger partial charge in [-0.1, -0.05) is 0 Å². The minimum absolute atomic E-state index is 0.00176. The zero-order chi connectivity index (χ0) is 22.1. The first kappa shape index (κ1) is 19.1. The van der Waals surface area contributed by atoms with Crippen molar-refractivity contribution in [2.45, 2.75) is 39.3 Å². The summed E-state index contributed by atoms with van der Waals surface area (Å²) < 4.78 is 30.0. The third kappa shape index (κ3) is 2.84. The molecule has 1 saturated carbocycles. The van der Waals surface area contributed by atoms with Gasteiger partial charge in [-0.3, -0.25) is 14.0 Å². The molecule has 3 heterocycles. The summed E-state index contributed by atoms with van der Waals surface area (Å²) in [6.45, 7) is 1.81. The van der Waals surface area contributed by atoms with Gasteiger partial charge in [0.15, 0.2) is 0 Å². The van der Waals surface area contributed by atoms with E-state index in [1.54, 1.807) is 17.4 Å². The molecule has 32 heavy (non-hydrogen) atoms. The third-order valence-electron chi connectivity index (χ3n) is 6.47. The summed E-state index contributed by atoms with van der Waals surface area (Å²) in [6, 6.07) is 5.62. The number of hydrogen-bond acceptors (Lipinski definition) is 4. The predicted octanol–water partition coefficient (Wildman–Crippen LogP) is 3.27. The van der Waals surface area contributed by atoms with Crippen LogP contribution in [0.1, 0.15) is 45.7 Å². The number of carbonyl (C=O) groups excluding carboxylic acids is 1. The SMILES string of the molecule is Cc1cc2c(cc1C(=O)N1Cc3c(F)ccc(F)c3C1)[nH]c(=O)c1nnc(CC3CC3)n12.